The predicted octanol–water partition coefficient (Wildman–Crippen LogP) is 1.42. The number of hydrogen-bond acceptors (Lipinski definition) is 9. The van der Waals surface area contributed by atoms with Crippen LogP contribution in [0.3, 0.4) is 0 Å². The van der Waals surface area contributed by atoms with Gasteiger partial charge in [0.2, 0.25) is 5.91 Å². The van der Waals surface area contributed by atoms with Crippen LogP contribution in [-0.4, -0.2) is 56.9 Å². The highest BCUT2D eigenvalue weighted by Crippen LogP contribution is 2.53. The van der Waals surface area contributed by atoms with Gasteiger partial charge in [0, 0.05) is 36.9 Å². The number of aromatic hydroxyl groups is 1. The van der Waals surface area contributed by atoms with Crippen molar-refractivity contribution in [2.24, 2.45) is 41.2 Å². The summed E-state index contributed by atoms with van der Waals surface area (Å²) in [7, 11) is 1.56. The summed E-state index contributed by atoms with van der Waals surface area (Å²) in [6.07, 6.45) is 3.50. The number of carbonyl (C=O) groups excluding carboxylic acids is 5. The third-order valence-corrected chi connectivity index (χ3v) is 8.61. The zero-order valence-corrected chi connectivity index (χ0v) is 21.8. The van der Waals surface area contributed by atoms with E-state index in [0.717, 1.165) is 5.56 Å². The molecule has 39 heavy (non-hydrogen) atoms. The highest BCUT2D eigenvalue weighted by atomic mass is 16.5. The Labute approximate surface area is 224 Å². The van der Waals surface area contributed by atoms with Gasteiger partial charge in [0.25, 0.3) is 0 Å². The van der Waals surface area contributed by atoms with E-state index in [1.807, 2.05) is 6.07 Å². The van der Waals surface area contributed by atoms with Crippen LogP contribution >= 0.6 is 0 Å². The van der Waals surface area contributed by atoms with E-state index in [4.69, 9.17) is 10.5 Å². The summed E-state index contributed by atoms with van der Waals surface area (Å²) in [6, 6.07) is 4.91. The molecule has 0 saturated heterocycles. The molecular formula is C29H30N2O8. The van der Waals surface area contributed by atoms with E-state index < -0.39 is 70.1 Å². The number of nitrogens with two attached hydrogens (primary N) is 1. The number of amides is 1. The Kier molecular flexibility index (Phi) is 6.51. The van der Waals surface area contributed by atoms with E-state index in [-0.39, 0.29) is 24.2 Å². The molecule has 2 saturated carbocycles. The number of nitrogens with zero attached hydrogens (tertiary/aromatic N) is 1. The summed E-state index contributed by atoms with van der Waals surface area (Å²) in [5, 5.41) is 22.4. The lowest BCUT2D eigenvalue weighted by atomic mass is 9.49. The van der Waals surface area contributed by atoms with Crippen molar-refractivity contribution >= 4 is 29.0 Å². The Bertz CT molecular complexity index is 1430. The van der Waals surface area contributed by atoms with Gasteiger partial charge in [0.15, 0.2) is 34.7 Å². The van der Waals surface area contributed by atoms with E-state index in [1.54, 1.807) is 39.4 Å². The maximum absolute atomic E-state index is 13.9. The maximum atomic E-state index is 13.9. The number of hydrogen-bond donors (Lipinski definition) is 3. The molecular weight excluding hydrogens is 504 g/mol. The van der Waals surface area contributed by atoms with Crippen molar-refractivity contribution in [1.82, 2.24) is 4.98 Å². The van der Waals surface area contributed by atoms with E-state index in [9.17, 15) is 34.2 Å². The molecule has 1 aromatic carbocycles. The molecule has 6 atom stereocenters. The molecule has 10 nitrogen and oxygen atoms in total. The van der Waals surface area contributed by atoms with Crippen LogP contribution in [0.25, 0.3) is 11.1 Å². The molecule has 3 aliphatic carbocycles. The van der Waals surface area contributed by atoms with E-state index in [1.165, 1.54) is 6.07 Å². The van der Waals surface area contributed by atoms with Crippen LogP contribution in [-0.2, 0) is 36.9 Å². The molecule has 0 spiro atoms. The summed E-state index contributed by atoms with van der Waals surface area (Å²) in [4.78, 5) is 70.8. The number of rotatable bonds is 5. The van der Waals surface area contributed by atoms with Crippen molar-refractivity contribution in [3.63, 3.8) is 0 Å². The van der Waals surface area contributed by atoms with E-state index >= 15 is 0 Å². The fourth-order valence-corrected chi connectivity index (χ4v) is 7.01. The molecule has 0 aliphatic heterocycles. The summed E-state index contributed by atoms with van der Waals surface area (Å²) in [5.41, 5.74) is 5.29. The number of methoxy groups -OCH3 is 1. The smallest absolute Gasteiger partial charge is 0.235 e. The number of ketones is 4. The highest BCUT2D eigenvalue weighted by molar-refractivity contribution is 6.32. The number of carbonyl (C=O) groups is 5. The van der Waals surface area contributed by atoms with Crippen molar-refractivity contribution in [3.05, 3.63) is 47.3 Å². The van der Waals surface area contributed by atoms with Gasteiger partial charge >= 0.3 is 0 Å². The first-order chi connectivity index (χ1) is 18.4. The highest BCUT2D eigenvalue weighted by Gasteiger charge is 2.69. The van der Waals surface area contributed by atoms with E-state index in [0.29, 0.717) is 23.3 Å². The number of phenols is 1. The fraction of sp³-hybridized carbons (Fsp3) is 0.448. The molecule has 1 heterocycles. The van der Waals surface area contributed by atoms with Crippen LogP contribution in [0.1, 0.15) is 41.8 Å². The van der Waals surface area contributed by atoms with Gasteiger partial charge in [-0.3, -0.25) is 29.0 Å². The first-order valence-corrected chi connectivity index (χ1v) is 12.9. The molecule has 0 bridgehead atoms. The summed E-state index contributed by atoms with van der Waals surface area (Å²) < 4.78 is 5.20. The average molecular weight is 535 g/mol. The zero-order valence-electron chi connectivity index (χ0n) is 21.8. The first kappa shape index (κ1) is 26.8. The number of primary amides is 1. The maximum Gasteiger partial charge on any atom is 0.235 e. The molecule has 2 aromatic rings. The number of pyridine rings is 1. The van der Waals surface area contributed by atoms with Crippen LogP contribution in [0, 0.1) is 35.5 Å². The Morgan fingerprint density at radius 2 is 1.90 bits per heavy atom. The number of phenolic OH excluding ortho intramolecular Hbond substituents is 1. The first-order valence-electron chi connectivity index (χ1n) is 12.9. The minimum Gasteiger partial charge on any atom is -0.507 e. The van der Waals surface area contributed by atoms with Crippen LogP contribution < -0.4 is 5.73 Å². The lowest BCUT2D eigenvalue weighted by Gasteiger charge is -2.52. The molecule has 10 heteroatoms. The molecule has 4 N–H and O–H groups in total. The van der Waals surface area contributed by atoms with E-state index in [2.05, 4.69) is 4.98 Å². The SMILES string of the molecule is COCc1cncc(-c2ccc(O)c3c2C[C@H]2C[C@H]4[C@H](C(C)C)C(=O)C(C(N)=O)C(=O)[C@@]4(O)C(=O)C2C3=O)c1. The molecule has 1 amide bonds. The van der Waals surface area contributed by atoms with Gasteiger partial charge in [-0.15, -0.1) is 0 Å². The molecule has 1 aromatic heterocycles. The van der Waals surface area contributed by atoms with Gasteiger partial charge in [-0.05, 0) is 53.5 Å². The minimum absolute atomic E-state index is 0.0287. The van der Waals surface area contributed by atoms with Crippen LogP contribution in [0.4, 0.5) is 0 Å². The zero-order chi connectivity index (χ0) is 28.4. The molecule has 204 valence electrons. The third kappa shape index (κ3) is 3.84. The van der Waals surface area contributed by atoms with Gasteiger partial charge in [-0.1, -0.05) is 19.9 Å². The molecule has 3 aliphatic rings. The lowest BCUT2D eigenvalue weighted by molar-refractivity contribution is -0.182. The fourth-order valence-electron chi connectivity index (χ4n) is 7.01. The van der Waals surface area contributed by atoms with Crippen molar-refractivity contribution in [1.29, 1.82) is 0 Å². The van der Waals surface area contributed by atoms with Gasteiger partial charge in [-0.2, -0.15) is 0 Å². The third-order valence-electron chi connectivity index (χ3n) is 8.61. The van der Waals surface area contributed by atoms with Gasteiger partial charge in [0.1, 0.15) is 5.75 Å². The Morgan fingerprint density at radius 3 is 2.54 bits per heavy atom. The predicted molar refractivity (Wildman–Crippen MR) is 136 cm³/mol. The van der Waals surface area contributed by atoms with Crippen LogP contribution in [0.5, 0.6) is 5.75 Å². The van der Waals surface area contributed by atoms with Crippen molar-refractivity contribution < 1.29 is 38.9 Å². The number of benzene rings is 1. The second-order valence-corrected chi connectivity index (χ2v) is 11.2. The largest absolute Gasteiger partial charge is 0.507 e. The Balaban J connectivity index is 1.64. The molecule has 2 fully saturated rings. The van der Waals surface area contributed by atoms with Gasteiger partial charge in [-0.25, -0.2) is 0 Å². The summed E-state index contributed by atoms with van der Waals surface area (Å²) >= 11 is 0. The minimum atomic E-state index is -2.71. The van der Waals surface area contributed by atoms with Crippen molar-refractivity contribution in [2.75, 3.05) is 7.11 Å². The lowest BCUT2D eigenvalue weighted by Crippen LogP contribution is -2.71. The van der Waals surface area contributed by atoms with Crippen molar-refractivity contribution in [2.45, 2.75) is 38.9 Å². The second kappa shape index (κ2) is 9.46. The second-order valence-electron chi connectivity index (χ2n) is 11.2. The Morgan fingerprint density at radius 1 is 1.18 bits per heavy atom. The quantitative estimate of drug-likeness (QED) is 0.479. The molecule has 0 radical (unpaired) electrons. The number of aliphatic hydroxyl groups is 1. The monoisotopic (exact) mass is 534 g/mol. The number of fused-ring (bicyclic) bond motifs is 3. The van der Waals surface area contributed by atoms with Gasteiger partial charge in [0.05, 0.1) is 18.1 Å². The van der Waals surface area contributed by atoms with Crippen molar-refractivity contribution in [3.8, 4) is 16.9 Å². The molecule has 5 rings (SSSR count). The Hall–Kier alpha value is -3.76. The summed E-state index contributed by atoms with van der Waals surface area (Å²) in [5.74, 6) is -11.8. The standard InChI is InChI=1S/C29H30N2O8/c1-12(2)20-18-8-14-7-17-16(15-6-13(11-39-3)9-31-10-15)4-5-19(32)22(17)25(34)21(14)26(35)29(18,38)27(36)23(24(20)33)28(30)37/h4-6,9-10,12,14,18,20-21,23,32,38H,7-8,11H2,1-3H3,(H2,30,37)/t14-,18-,20-,21?,23?,29-/m0/s1. The normalized spacial score (nSPS) is 30.1. The number of aromatic nitrogens is 1. The number of Topliss-reactive ketones (excluding diaryl/α,β-unsaturated/α-hetero) is 4. The van der Waals surface area contributed by atoms with Crippen LogP contribution in [0.15, 0.2) is 30.6 Å². The topological polar surface area (TPSA) is 174 Å². The summed E-state index contributed by atoms with van der Waals surface area (Å²) in [6.45, 7) is 3.75. The average Bonchev–Trinajstić information content (AvgIpc) is 2.86. The molecule has 2 unspecified atom stereocenters. The number of ether oxygens (including phenoxy) is 1. The van der Waals surface area contributed by atoms with Crippen LogP contribution in [0.2, 0.25) is 0 Å². The van der Waals surface area contributed by atoms with Gasteiger partial charge < -0.3 is 20.7 Å².